The van der Waals surface area contributed by atoms with E-state index in [1.165, 1.54) is 16.0 Å². The van der Waals surface area contributed by atoms with Gasteiger partial charge >= 0.3 is 0 Å². The van der Waals surface area contributed by atoms with E-state index in [2.05, 4.69) is 70.6 Å². The maximum Gasteiger partial charge on any atom is 0.250 e. The van der Waals surface area contributed by atoms with Crippen molar-refractivity contribution in [2.24, 2.45) is 5.73 Å². The first-order valence-electron chi connectivity index (χ1n) is 10.3. The normalized spacial score (nSPS) is 11.0. The quantitative estimate of drug-likeness (QED) is 0.308. The van der Waals surface area contributed by atoms with Crippen molar-refractivity contribution in [3.8, 4) is 22.5 Å². The number of H-pyrrole nitrogens is 1. The summed E-state index contributed by atoms with van der Waals surface area (Å²) in [6, 6.07) is 32.8. The number of rotatable bonds is 6. The molecule has 5 rings (SSSR count). The molecule has 0 saturated heterocycles. The molecule has 0 aliphatic carbocycles. The third-order valence-corrected chi connectivity index (χ3v) is 6.42. The summed E-state index contributed by atoms with van der Waals surface area (Å²) in [6.45, 7) is 0. The van der Waals surface area contributed by atoms with Crippen LogP contribution < -0.4 is 5.73 Å². The van der Waals surface area contributed by atoms with E-state index < -0.39 is 5.91 Å². The Kier molecular flexibility index (Phi) is 5.48. The third-order valence-electron chi connectivity index (χ3n) is 5.35. The number of carbonyl (C=O) groups is 1. The first kappa shape index (κ1) is 20.1. The Morgan fingerprint density at radius 3 is 2.34 bits per heavy atom. The molecule has 0 bridgehead atoms. The van der Waals surface area contributed by atoms with E-state index in [9.17, 15) is 4.79 Å². The number of imidazole rings is 1. The van der Waals surface area contributed by atoms with Crippen LogP contribution >= 0.6 is 11.8 Å². The summed E-state index contributed by atoms with van der Waals surface area (Å²) in [5, 5.41) is 0. The zero-order valence-corrected chi connectivity index (χ0v) is 18.1. The van der Waals surface area contributed by atoms with Gasteiger partial charge in [-0.05, 0) is 41.0 Å². The van der Waals surface area contributed by atoms with Crippen LogP contribution in [0.15, 0.2) is 102 Å². The van der Waals surface area contributed by atoms with Gasteiger partial charge in [0.2, 0.25) is 0 Å². The molecular formula is C27H21N3OS. The number of aromatic nitrogens is 2. The number of benzene rings is 4. The molecule has 3 N–H and O–H groups in total. The number of carbonyl (C=O) groups excluding carboxylic acids is 1. The molecule has 1 aromatic heterocycles. The highest BCUT2D eigenvalue weighted by molar-refractivity contribution is 7.98. The van der Waals surface area contributed by atoms with Gasteiger partial charge in [0.1, 0.15) is 11.3 Å². The predicted molar refractivity (Wildman–Crippen MR) is 131 cm³/mol. The number of nitrogens with one attached hydrogen (secondary N) is 1. The second-order valence-corrected chi connectivity index (χ2v) is 8.58. The number of fused-ring (bicyclic) bond motifs is 1. The molecule has 0 unspecified atom stereocenters. The Labute approximate surface area is 190 Å². The first-order chi connectivity index (χ1) is 15.7. The van der Waals surface area contributed by atoms with Crippen LogP contribution in [0.1, 0.15) is 15.9 Å². The first-order valence-corrected chi connectivity index (χ1v) is 11.3. The van der Waals surface area contributed by atoms with Crippen LogP contribution in [0.25, 0.3) is 33.5 Å². The van der Waals surface area contributed by atoms with Crippen molar-refractivity contribution in [1.29, 1.82) is 0 Å². The fraction of sp³-hybridized carbons (Fsp3) is 0.0370. The minimum atomic E-state index is -0.478. The Hall–Kier alpha value is -3.83. The smallest absolute Gasteiger partial charge is 0.250 e. The van der Waals surface area contributed by atoms with Crippen LogP contribution in [0.5, 0.6) is 0 Å². The lowest BCUT2D eigenvalue weighted by atomic mass is 10.0. The topological polar surface area (TPSA) is 71.8 Å². The summed E-state index contributed by atoms with van der Waals surface area (Å²) in [7, 11) is 0. The summed E-state index contributed by atoms with van der Waals surface area (Å²) in [5.74, 6) is 1.18. The van der Waals surface area contributed by atoms with Gasteiger partial charge in [-0.25, -0.2) is 4.98 Å². The van der Waals surface area contributed by atoms with E-state index in [0.717, 1.165) is 22.4 Å². The van der Waals surface area contributed by atoms with E-state index in [1.807, 2.05) is 36.0 Å². The summed E-state index contributed by atoms with van der Waals surface area (Å²) in [6.07, 6.45) is 0. The van der Waals surface area contributed by atoms with E-state index in [1.54, 1.807) is 12.1 Å². The van der Waals surface area contributed by atoms with E-state index in [4.69, 9.17) is 5.73 Å². The molecule has 5 heteroatoms. The van der Waals surface area contributed by atoms with Gasteiger partial charge in [-0.1, -0.05) is 72.8 Å². The lowest BCUT2D eigenvalue weighted by Gasteiger charge is -2.07. The van der Waals surface area contributed by atoms with Crippen molar-refractivity contribution < 1.29 is 4.79 Å². The molecule has 1 heterocycles. The van der Waals surface area contributed by atoms with E-state index in [0.29, 0.717) is 16.9 Å². The molecule has 0 fully saturated rings. The number of thioether (sulfide) groups is 1. The molecule has 4 nitrogen and oxygen atoms in total. The number of hydrogen-bond donors (Lipinski definition) is 2. The highest BCUT2D eigenvalue weighted by Crippen LogP contribution is 2.30. The largest absolute Gasteiger partial charge is 0.366 e. The van der Waals surface area contributed by atoms with Crippen molar-refractivity contribution in [1.82, 2.24) is 9.97 Å². The van der Waals surface area contributed by atoms with Crippen LogP contribution in [0.2, 0.25) is 0 Å². The Morgan fingerprint density at radius 2 is 1.56 bits per heavy atom. The molecule has 0 atom stereocenters. The maximum absolute atomic E-state index is 11.7. The van der Waals surface area contributed by atoms with E-state index in [-0.39, 0.29) is 0 Å². The van der Waals surface area contributed by atoms with Gasteiger partial charge in [-0.15, -0.1) is 11.8 Å². The molecular weight excluding hydrogens is 414 g/mol. The number of amides is 1. The highest BCUT2D eigenvalue weighted by atomic mass is 32.2. The lowest BCUT2D eigenvalue weighted by molar-refractivity contribution is 0.100. The fourth-order valence-electron chi connectivity index (χ4n) is 3.69. The average molecular weight is 436 g/mol. The van der Waals surface area contributed by atoms with Gasteiger partial charge in [0.25, 0.3) is 5.91 Å². The second kappa shape index (κ2) is 8.73. The zero-order valence-electron chi connectivity index (χ0n) is 17.3. The van der Waals surface area contributed by atoms with Gasteiger partial charge in [0, 0.05) is 16.2 Å². The van der Waals surface area contributed by atoms with Gasteiger partial charge in [-0.3, -0.25) is 4.79 Å². The predicted octanol–water partition coefficient (Wildman–Crippen LogP) is 6.29. The Balaban J connectivity index is 1.38. The molecule has 0 saturated carbocycles. The highest BCUT2D eigenvalue weighted by Gasteiger charge is 2.12. The average Bonchev–Trinajstić information content (AvgIpc) is 3.28. The zero-order chi connectivity index (χ0) is 21.9. The fourth-order valence-corrected chi connectivity index (χ4v) is 4.61. The summed E-state index contributed by atoms with van der Waals surface area (Å²) in [5.41, 5.74) is 11.9. The number of nitrogens with zero attached hydrogens (tertiary/aromatic N) is 1. The third kappa shape index (κ3) is 4.15. The molecule has 4 aromatic carbocycles. The van der Waals surface area contributed by atoms with Gasteiger partial charge in [0.05, 0.1) is 11.1 Å². The summed E-state index contributed by atoms with van der Waals surface area (Å²) >= 11 is 1.84. The molecule has 0 radical (unpaired) electrons. The number of primary amides is 1. The van der Waals surface area contributed by atoms with Crippen LogP contribution in [-0.4, -0.2) is 15.9 Å². The molecule has 0 aliphatic rings. The maximum atomic E-state index is 11.7. The molecule has 1 amide bonds. The van der Waals surface area contributed by atoms with Crippen molar-refractivity contribution in [2.75, 3.05) is 0 Å². The summed E-state index contributed by atoms with van der Waals surface area (Å²) in [4.78, 5) is 20.8. The standard InChI is InChI=1S/C27H21N3OS/c28-26(31)23-10-5-11-24-25(23)30-27(29-24)20-14-12-19(13-15-20)21-8-4-9-22(16-21)32-17-18-6-2-1-3-7-18/h1-16H,17H2,(H2,28,31)(H,29,30). The lowest BCUT2D eigenvalue weighted by Crippen LogP contribution is -2.11. The SMILES string of the molecule is NC(=O)c1cccc2[nH]c(-c3ccc(-c4cccc(SCc5ccccc5)c4)cc3)nc12. The minimum absolute atomic E-state index is 0.423. The minimum Gasteiger partial charge on any atom is -0.366 e. The Bertz CT molecular complexity index is 1390. The number of nitrogens with two attached hydrogens (primary N) is 1. The molecule has 156 valence electrons. The van der Waals surface area contributed by atoms with Gasteiger partial charge < -0.3 is 10.7 Å². The van der Waals surface area contributed by atoms with Crippen molar-refractivity contribution in [3.05, 3.63) is 108 Å². The molecule has 0 aliphatic heterocycles. The molecule has 0 spiro atoms. The monoisotopic (exact) mass is 435 g/mol. The van der Waals surface area contributed by atoms with E-state index >= 15 is 0 Å². The van der Waals surface area contributed by atoms with Crippen LogP contribution in [-0.2, 0) is 5.75 Å². The van der Waals surface area contributed by atoms with Gasteiger partial charge in [0.15, 0.2) is 0 Å². The number of hydrogen-bond acceptors (Lipinski definition) is 3. The molecule has 5 aromatic rings. The Morgan fingerprint density at radius 1 is 0.812 bits per heavy atom. The molecule has 32 heavy (non-hydrogen) atoms. The van der Waals surface area contributed by atoms with Crippen LogP contribution in [0, 0.1) is 0 Å². The number of aromatic amines is 1. The van der Waals surface area contributed by atoms with Crippen molar-refractivity contribution in [3.63, 3.8) is 0 Å². The van der Waals surface area contributed by atoms with Gasteiger partial charge in [-0.2, -0.15) is 0 Å². The number of para-hydroxylation sites is 1. The van der Waals surface area contributed by atoms with Crippen molar-refractivity contribution >= 4 is 28.7 Å². The van der Waals surface area contributed by atoms with Crippen LogP contribution in [0.3, 0.4) is 0 Å². The van der Waals surface area contributed by atoms with Crippen LogP contribution in [0.4, 0.5) is 0 Å². The second-order valence-electron chi connectivity index (χ2n) is 7.53. The summed E-state index contributed by atoms with van der Waals surface area (Å²) < 4.78 is 0. The van der Waals surface area contributed by atoms with Crippen molar-refractivity contribution in [2.45, 2.75) is 10.6 Å².